The number of rotatable bonds is 5. The maximum atomic E-state index is 12.6. The van der Waals surface area contributed by atoms with Crippen LogP contribution in [-0.2, 0) is 21.2 Å². The van der Waals surface area contributed by atoms with Crippen LogP contribution in [0.25, 0.3) is 0 Å². The van der Waals surface area contributed by atoms with Gasteiger partial charge in [0.1, 0.15) is 0 Å². The molecule has 150 valence electrons. The molecule has 2 heterocycles. The van der Waals surface area contributed by atoms with E-state index >= 15 is 0 Å². The molecule has 2 saturated heterocycles. The molecule has 5 nitrogen and oxygen atoms in total. The molecule has 2 aliphatic heterocycles. The molecule has 2 aliphatic rings. The third kappa shape index (κ3) is 4.85. The Labute approximate surface area is 159 Å². The predicted molar refractivity (Wildman–Crippen MR) is 98.1 cm³/mol. The number of benzene rings is 1. The molecule has 0 spiro atoms. The third-order valence-corrected chi connectivity index (χ3v) is 6.90. The molecule has 1 amide bonds. The monoisotopic (exact) mass is 400 g/mol. The van der Waals surface area contributed by atoms with Crippen LogP contribution in [0.4, 0.5) is 8.78 Å². The molecular formula is C19H26F2N2O3S. The van der Waals surface area contributed by atoms with E-state index in [0.29, 0.717) is 6.54 Å². The lowest BCUT2D eigenvalue weighted by Crippen LogP contribution is -2.44. The number of halogens is 2. The van der Waals surface area contributed by atoms with E-state index in [1.807, 2.05) is 4.90 Å². The van der Waals surface area contributed by atoms with Crippen molar-refractivity contribution in [3.63, 3.8) is 0 Å². The fourth-order valence-electron chi connectivity index (χ4n) is 3.86. The number of sulfone groups is 1. The van der Waals surface area contributed by atoms with Gasteiger partial charge in [-0.25, -0.2) is 8.42 Å². The van der Waals surface area contributed by atoms with Crippen molar-refractivity contribution in [3.8, 4) is 0 Å². The Balaban J connectivity index is 1.51. The zero-order valence-electron chi connectivity index (χ0n) is 15.3. The van der Waals surface area contributed by atoms with Crippen molar-refractivity contribution in [3.05, 3.63) is 29.8 Å². The molecule has 0 saturated carbocycles. The normalized spacial score (nSPS) is 20.2. The summed E-state index contributed by atoms with van der Waals surface area (Å²) in [6.45, 7) is 4.00. The number of likely N-dealkylation sites (tertiary alicyclic amines) is 2. The first-order chi connectivity index (χ1) is 12.9. The quantitative estimate of drug-likeness (QED) is 0.763. The second-order valence-corrected chi connectivity index (χ2v) is 9.30. The minimum atomic E-state index is -4.54. The molecule has 0 aliphatic carbocycles. The Morgan fingerprint density at radius 1 is 1.00 bits per heavy atom. The number of hydrogen-bond donors (Lipinski definition) is 0. The molecule has 0 aromatic heterocycles. The molecule has 0 N–H and O–H groups in total. The number of amides is 1. The summed E-state index contributed by atoms with van der Waals surface area (Å²) in [5, 5.41) is 0. The van der Waals surface area contributed by atoms with Crippen molar-refractivity contribution >= 4 is 15.7 Å². The van der Waals surface area contributed by atoms with Gasteiger partial charge in [-0.2, -0.15) is 8.78 Å². The van der Waals surface area contributed by atoms with Crippen molar-refractivity contribution in [2.24, 2.45) is 5.92 Å². The Bertz CT molecular complexity index is 739. The highest BCUT2D eigenvalue weighted by atomic mass is 32.2. The summed E-state index contributed by atoms with van der Waals surface area (Å²) in [6.07, 6.45) is 5.06. The van der Waals surface area contributed by atoms with Gasteiger partial charge in [-0.3, -0.25) is 9.69 Å². The van der Waals surface area contributed by atoms with Gasteiger partial charge in [0, 0.05) is 25.6 Å². The molecule has 0 bridgehead atoms. The zero-order chi connectivity index (χ0) is 19.4. The lowest BCUT2D eigenvalue weighted by Gasteiger charge is -2.35. The Hall–Kier alpha value is -1.54. The largest absolute Gasteiger partial charge is 0.342 e. The highest BCUT2D eigenvalue weighted by Gasteiger charge is 2.29. The molecule has 27 heavy (non-hydrogen) atoms. The fourth-order valence-corrected chi connectivity index (χ4v) is 4.58. The van der Waals surface area contributed by atoms with Gasteiger partial charge < -0.3 is 4.90 Å². The molecule has 1 aromatic carbocycles. The maximum absolute atomic E-state index is 12.6. The predicted octanol–water partition coefficient (Wildman–Crippen LogP) is 2.91. The lowest BCUT2D eigenvalue weighted by atomic mass is 9.94. The van der Waals surface area contributed by atoms with E-state index < -0.39 is 15.6 Å². The van der Waals surface area contributed by atoms with Crippen molar-refractivity contribution < 1.29 is 22.0 Å². The van der Waals surface area contributed by atoms with E-state index in [-0.39, 0.29) is 16.7 Å². The van der Waals surface area contributed by atoms with Crippen LogP contribution in [0, 0.1) is 5.92 Å². The molecule has 2 fully saturated rings. The van der Waals surface area contributed by atoms with E-state index in [2.05, 4.69) is 4.90 Å². The van der Waals surface area contributed by atoms with Gasteiger partial charge in [-0.15, -0.1) is 0 Å². The maximum Gasteiger partial charge on any atom is 0.341 e. The van der Waals surface area contributed by atoms with E-state index in [0.717, 1.165) is 57.4 Å². The second kappa shape index (κ2) is 8.65. The summed E-state index contributed by atoms with van der Waals surface area (Å²) in [4.78, 5) is 16.5. The van der Waals surface area contributed by atoms with Crippen LogP contribution in [0.5, 0.6) is 0 Å². The van der Waals surface area contributed by atoms with Crippen LogP contribution in [0.2, 0.25) is 0 Å². The van der Waals surface area contributed by atoms with Crippen molar-refractivity contribution in [2.45, 2.75) is 49.3 Å². The summed E-state index contributed by atoms with van der Waals surface area (Å²) < 4.78 is 48.1. The summed E-state index contributed by atoms with van der Waals surface area (Å²) in [6, 6.07) is 5.65. The second-order valence-electron chi connectivity index (χ2n) is 7.39. The van der Waals surface area contributed by atoms with Gasteiger partial charge in [0.15, 0.2) is 0 Å². The highest BCUT2D eigenvalue weighted by molar-refractivity contribution is 7.91. The number of alkyl halides is 2. The Morgan fingerprint density at radius 3 is 2.15 bits per heavy atom. The van der Waals surface area contributed by atoms with Gasteiger partial charge in [0.2, 0.25) is 15.7 Å². The average Bonchev–Trinajstić information content (AvgIpc) is 2.69. The first-order valence-electron chi connectivity index (χ1n) is 9.50. The Kier molecular flexibility index (Phi) is 6.47. The van der Waals surface area contributed by atoms with Gasteiger partial charge in [0.25, 0.3) is 0 Å². The summed E-state index contributed by atoms with van der Waals surface area (Å²) >= 11 is 0. The molecule has 0 unspecified atom stereocenters. The van der Waals surface area contributed by atoms with E-state index in [1.165, 1.54) is 18.6 Å². The van der Waals surface area contributed by atoms with Gasteiger partial charge >= 0.3 is 5.76 Å². The standard InChI is InChI=1S/C19H26F2N2O3S/c20-19(21)27(25,26)17-6-4-15(5-7-17)14-22-12-8-16(9-13-22)18(24)23-10-2-1-3-11-23/h4-7,16,19H,1-3,8-14H2. The lowest BCUT2D eigenvalue weighted by molar-refractivity contribution is -0.138. The first-order valence-corrected chi connectivity index (χ1v) is 11.0. The number of piperidine rings is 2. The van der Waals surface area contributed by atoms with Gasteiger partial charge in [0.05, 0.1) is 4.90 Å². The smallest absolute Gasteiger partial charge is 0.341 e. The number of carbonyl (C=O) groups is 1. The summed E-state index contributed by atoms with van der Waals surface area (Å²) in [5.74, 6) is -3.02. The van der Waals surface area contributed by atoms with Gasteiger partial charge in [-0.1, -0.05) is 12.1 Å². The fraction of sp³-hybridized carbons (Fsp3) is 0.632. The molecule has 0 radical (unpaired) electrons. The third-order valence-electron chi connectivity index (χ3n) is 5.50. The average molecular weight is 400 g/mol. The van der Waals surface area contributed by atoms with Crippen molar-refractivity contribution in [1.29, 1.82) is 0 Å². The minimum Gasteiger partial charge on any atom is -0.342 e. The minimum absolute atomic E-state index is 0.0953. The van der Waals surface area contributed by atoms with E-state index in [4.69, 9.17) is 0 Å². The molecule has 1 aromatic rings. The summed E-state index contributed by atoms with van der Waals surface area (Å²) in [7, 11) is -4.54. The van der Waals surface area contributed by atoms with Crippen LogP contribution in [0.1, 0.15) is 37.7 Å². The molecule has 3 rings (SSSR count). The summed E-state index contributed by atoms with van der Waals surface area (Å²) in [5.41, 5.74) is 0.879. The van der Waals surface area contributed by atoms with E-state index in [1.54, 1.807) is 12.1 Å². The van der Waals surface area contributed by atoms with Gasteiger partial charge in [-0.05, 0) is 62.9 Å². The SMILES string of the molecule is O=C(C1CCN(Cc2ccc(S(=O)(=O)C(F)F)cc2)CC1)N1CCCCC1. The molecule has 8 heteroatoms. The first kappa shape index (κ1) is 20.2. The highest BCUT2D eigenvalue weighted by Crippen LogP contribution is 2.24. The van der Waals surface area contributed by atoms with Crippen LogP contribution in [0.15, 0.2) is 29.2 Å². The van der Waals surface area contributed by atoms with Crippen LogP contribution in [0.3, 0.4) is 0 Å². The Morgan fingerprint density at radius 2 is 1.59 bits per heavy atom. The number of nitrogens with zero attached hydrogens (tertiary/aromatic N) is 2. The van der Waals surface area contributed by atoms with E-state index in [9.17, 15) is 22.0 Å². The van der Waals surface area contributed by atoms with Crippen LogP contribution < -0.4 is 0 Å². The zero-order valence-corrected chi connectivity index (χ0v) is 16.1. The van der Waals surface area contributed by atoms with Crippen LogP contribution >= 0.6 is 0 Å². The van der Waals surface area contributed by atoms with Crippen LogP contribution in [-0.4, -0.2) is 56.1 Å². The van der Waals surface area contributed by atoms with Crippen molar-refractivity contribution in [1.82, 2.24) is 9.80 Å². The number of carbonyl (C=O) groups excluding carboxylic acids is 1. The topological polar surface area (TPSA) is 57.7 Å². The number of hydrogen-bond acceptors (Lipinski definition) is 4. The molecule has 0 atom stereocenters. The van der Waals surface area contributed by atoms with Crippen molar-refractivity contribution in [2.75, 3.05) is 26.2 Å². The molecular weight excluding hydrogens is 374 g/mol.